The minimum absolute atomic E-state index is 0. The van der Waals surface area contributed by atoms with Crippen LogP contribution in [0.15, 0.2) is 24.3 Å². The van der Waals surface area contributed by atoms with Gasteiger partial charge in [-0.1, -0.05) is 56.9 Å². The number of benzene rings is 1. The van der Waals surface area contributed by atoms with Crippen LogP contribution in [0.4, 0.5) is 0 Å². The standard InChI is InChI=1S/C20H29N3.ClH/c1-2-3-4-5-12-20(15-21)13-10-17(11-14-20)16-6-8-18(9-7-16)19(22)23;/h6-9,17H,2-5,10-14H2,1H3,(H3,22,23);1H. The van der Waals surface area contributed by atoms with Gasteiger partial charge in [0.1, 0.15) is 5.84 Å². The number of nitriles is 1. The van der Waals surface area contributed by atoms with E-state index in [-0.39, 0.29) is 23.7 Å². The lowest BCUT2D eigenvalue weighted by Gasteiger charge is -2.35. The summed E-state index contributed by atoms with van der Waals surface area (Å²) in [4.78, 5) is 0. The fourth-order valence-electron chi connectivity index (χ4n) is 3.75. The van der Waals surface area contributed by atoms with E-state index >= 15 is 0 Å². The summed E-state index contributed by atoms with van der Waals surface area (Å²) in [5.74, 6) is 0.670. The Bertz CT molecular complexity index is 551. The molecule has 1 aromatic rings. The normalized spacial score (nSPS) is 23.1. The average molecular weight is 348 g/mol. The van der Waals surface area contributed by atoms with Gasteiger partial charge >= 0.3 is 0 Å². The van der Waals surface area contributed by atoms with Crippen molar-refractivity contribution < 1.29 is 0 Å². The molecule has 0 saturated heterocycles. The average Bonchev–Trinajstić information content (AvgIpc) is 2.59. The third-order valence-electron chi connectivity index (χ3n) is 5.38. The first-order valence-corrected chi connectivity index (χ1v) is 8.96. The van der Waals surface area contributed by atoms with Crippen molar-refractivity contribution in [3.63, 3.8) is 0 Å². The van der Waals surface area contributed by atoms with Crippen LogP contribution in [0.2, 0.25) is 0 Å². The molecule has 0 aliphatic heterocycles. The third-order valence-corrected chi connectivity index (χ3v) is 5.38. The highest BCUT2D eigenvalue weighted by atomic mass is 35.5. The first-order valence-electron chi connectivity index (χ1n) is 8.96. The van der Waals surface area contributed by atoms with Crippen LogP contribution in [-0.4, -0.2) is 5.84 Å². The van der Waals surface area contributed by atoms with Gasteiger partial charge in [0, 0.05) is 5.56 Å². The van der Waals surface area contributed by atoms with E-state index < -0.39 is 0 Å². The van der Waals surface area contributed by atoms with Crippen molar-refractivity contribution in [2.24, 2.45) is 11.1 Å². The lowest BCUT2D eigenvalue weighted by atomic mass is 9.67. The zero-order valence-corrected chi connectivity index (χ0v) is 15.5. The molecule has 1 aliphatic carbocycles. The van der Waals surface area contributed by atoms with Crippen LogP contribution in [0.5, 0.6) is 0 Å². The second-order valence-corrected chi connectivity index (χ2v) is 7.01. The minimum Gasteiger partial charge on any atom is -0.384 e. The lowest BCUT2D eigenvalue weighted by molar-refractivity contribution is 0.223. The number of hydrogen-bond acceptors (Lipinski definition) is 2. The Morgan fingerprint density at radius 1 is 1.21 bits per heavy atom. The number of hydrogen-bond donors (Lipinski definition) is 2. The summed E-state index contributed by atoms with van der Waals surface area (Å²) >= 11 is 0. The van der Waals surface area contributed by atoms with E-state index in [1.807, 2.05) is 12.1 Å². The Morgan fingerprint density at radius 2 is 1.83 bits per heavy atom. The van der Waals surface area contributed by atoms with Crippen LogP contribution in [0.25, 0.3) is 0 Å². The molecule has 0 bridgehead atoms. The van der Waals surface area contributed by atoms with Crippen LogP contribution in [0.3, 0.4) is 0 Å². The highest BCUT2D eigenvalue weighted by Gasteiger charge is 2.35. The zero-order valence-electron chi connectivity index (χ0n) is 14.7. The predicted molar refractivity (Wildman–Crippen MR) is 103 cm³/mol. The number of nitrogens with one attached hydrogen (secondary N) is 1. The molecular weight excluding hydrogens is 318 g/mol. The van der Waals surface area contributed by atoms with Crippen LogP contribution in [-0.2, 0) is 0 Å². The van der Waals surface area contributed by atoms with Gasteiger partial charge in [0.25, 0.3) is 0 Å². The van der Waals surface area contributed by atoms with Gasteiger partial charge in [0.05, 0.1) is 11.5 Å². The fraction of sp³-hybridized carbons (Fsp3) is 0.600. The van der Waals surface area contributed by atoms with Crippen molar-refractivity contribution in [3.8, 4) is 6.07 Å². The molecule has 1 fully saturated rings. The highest BCUT2D eigenvalue weighted by Crippen LogP contribution is 2.45. The summed E-state index contributed by atoms with van der Waals surface area (Å²) in [7, 11) is 0. The van der Waals surface area contributed by atoms with E-state index in [0.717, 1.165) is 37.7 Å². The third kappa shape index (κ3) is 5.24. The highest BCUT2D eigenvalue weighted by molar-refractivity contribution is 5.94. The van der Waals surface area contributed by atoms with E-state index in [2.05, 4.69) is 25.1 Å². The zero-order chi connectivity index (χ0) is 16.7. The van der Waals surface area contributed by atoms with Crippen molar-refractivity contribution >= 4 is 18.2 Å². The molecule has 0 radical (unpaired) electrons. The van der Waals surface area contributed by atoms with E-state index in [0.29, 0.717) is 5.92 Å². The first kappa shape index (κ1) is 20.5. The largest absolute Gasteiger partial charge is 0.384 e. The molecule has 1 saturated carbocycles. The molecule has 24 heavy (non-hydrogen) atoms. The Morgan fingerprint density at radius 3 is 2.33 bits per heavy atom. The van der Waals surface area contributed by atoms with Gasteiger partial charge in [-0.15, -0.1) is 12.4 Å². The van der Waals surface area contributed by atoms with Crippen LogP contribution < -0.4 is 5.73 Å². The molecule has 1 aliphatic rings. The van der Waals surface area contributed by atoms with Gasteiger partial charge in [-0.3, -0.25) is 5.41 Å². The van der Waals surface area contributed by atoms with Crippen molar-refractivity contribution in [2.45, 2.75) is 70.6 Å². The Hall–Kier alpha value is -1.53. The Labute approximate surface area is 152 Å². The van der Waals surface area contributed by atoms with Crippen molar-refractivity contribution in [2.75, 3.05) is 0 Å². The number of unbranched alkanes of at least 4 members (excludes halogenated alkanes) is 3. The molecule has 4 heteroatoms. The second-order valence-electron chi connectivity index (χ2n) is 7.01. The molecule has 0 heterocycles. The lowest BCUT2D eigenvalue weighted by Crippen LogP contribution is -2.25. The monoisotopic (exact) mass is 347 g/mol. The van der Waals surface area contributed by atoms with Gasteiger partial charge in [-0.25, -0.2) is 0 Å². The van der Waals surface area contributed by atoms with Crippen LogP contribution in [0.1, 0.15) is 81.8 Å². The molecular formula is C20H30ClN3. The van der Waals surface area contributed by atoms with Gasteiger partial charge in [0.15, 0.2) is 0 Å². The number of rotatable bonds is 7. The molecule has 0 atom stereocenters. The van der Waals surface area contributed by atoms with Crippen LogP contribution >= 0.6 is 12.4 Å². The van der Waals surface area contributed by atoms with Gasteiger partial charge in [-0.05, 0) is 43.6 Å². The summed E-state index contributed by atoms with van der Waals surface area (Å²) in [6.45, 7) is 2.22. The topological polar surface area (TPSA) is 73.7 Å². The molecule has 0 amide bonds. The summed E-state index contributed by atoms with van der Waals surface area (Å²) in [5, 5.41) is 17.1. The molecule has 0 unspecified atom stereocenters. The van der Waals surface area contributed by atoms with Crippen LogP contribution in [0, 0.1) is 22.2 Å². The summed E-state index contributed by atoms with van der Waals surface area (Å²) in [6, 6.07) is 10.7. The maximum Gasteiger partial charge on any atom is 0.122 e. The number of nitrogens with two attached hydrogens (primary N) is 1. The number of nitrogen functional groups attached to an aromatic ring is 1. The van der Waals surface area contributed by atoms with Crippen molar-refractivity contribution in [1.29, 1.82) is 10.7 Å². The molecule has 3 N–H and O–H groups in total. The number of amidine groups is 1. The molecule has 1 aromatic carbocycles. The number of halogens is 1. The second kappa shape index (κ2) is 9.69. The summed E-state index contributed by atoms with van der Waals surface area (Å²) in [5.41, 5.74) is 7.54. The maximum absolute atomic E-state index is 9.66. The van der Waals surface area contributed by atoms with Gasteiger partial charge < -0.3 is 5.73 Å². The Balaban J connectivity index is 0.00000288. The van der Waals surface area contributed by atoms with Crippen molar-refractivity contribution in [3.05, 3.63) is 35.4 Å². The summed E-state index contributed by atoms with van der Waals surface area (Å²) < 4.78 is 0. The quantitative estimate of drug-likeness (QED) is 0.386. The molecule has 3 nitrogen and oxygen atoms in total. The smallest absolute Gasteiger partial charge is 0.122 e. The SMILES string of the molecule is CCCCCCC1(C#N)CCC(c2ccc(C(=N)N)cc2)CC1.Cl. The maximum atomic E-state index is 9.66. The Kier molecular flexibility index (Phi) is 8.28. The van der Waals surface area contributed by atoms with Crippen molar-refractivity contribution in [1.82, 2.24) is 0 Å². The van der Waals surface area contributed by atoms with E-state index in [4.69, 9.17) is 11.1 Å². The molecule has 0 spiro atoms. The molecule has 2 rings (SSSR count). The van der Waals surface area contributed by atoms with E-state index in [1.165, 1.54) is 31.2 Å². The molecule has 0 aromatic heterocycles. The van der Waals surface area contributed by atoms with Gasteiger partial charge in [0.2, 0.25) is 0 Å². The molecule has 132 valence electrons. The first-order chi connectivity index (χ1) is 11.1. The van der Waals surface area contributed by atoms with E-state index in [1.54, 1.807) is 0 Å². The number of nitrogens with zero attached hydrogens (tertiary/aromatic N) is 1. The fourth-order valence-corrected chi connectivity index (χ4v) is 3.75. The summed E-state index contributed by atoms with van der Waals surface area (Å²) in [6.07, 6.45) is 10.3. The minimum atomic E-state index is -0.0798. The van der Waals surface area contributed by atoms with E-state index in [9.17, 15) is 5.26 Å². The predicted octanol–water partition coefficient (Wildman–Crippen LogP) is 5.53. The van der Waals surface area contributed by atoms with Gasteiger partial charge in [-0.2, -0.15) is 5.26 Å².